The van der Waals surface area contributed by atoms with Gasteiger partial charge in [-0.2, -0.15) is 12.6 Å². The maximum atomic E-state index is 11.5. The molecule has 0 aromatic carbocycles. The van der Waals surface area contributed by atoms with Gasteiger partial charge in [0, 0.05) is 18.8 Å². The summed E-state index contributed by atoms with van der Waals surface area (Å²) < 4.78 is 5.24. The second-order valence-corrected chi connectivity index (χ2v) is 8.19. The second-order valence-electron chi connectivity index (χ2n) is 7.75. The van der Waals surface area contributed by atoms with E-state index in [1.54, 1.807) is 0 Å². The van der Waals surface area contributed by atoms with Crippen LogP contribution in [0.3, 0.4) is 0 Å². The Balaban J connectivity index is 3.07. The quantitative estimate of drug-likeness (QED) is 0.120. The number of hydrogen-bond donors (Lipinski definition) is 2. The van der Waals surface area contributed by atoms with Crippen LogP contribution in [0.1, 0.15) is 116 Å². The van der Waals surface area contributed by atoms with Gasteiger partial charge in [-0.25, -0.2) is 0 Å². The average Bonchev–Trinajstić information content (AvgIpc) is 2.67. The van der Waals surface area contributed by atoms with Crippen LogP contribution in [-0.4, -0.2) is 31.4 Å². The molecule has 0 amide bonds. The summed E-state index contributed by atoms with van der Waals surface area (Å²) in [5.41, 5.74) is 0. The lowest BCUT2D eigenvalue weighted by molar-refractivity contribution is -0.143. The number of esters is 1. The molecule has 162 valence electrons. The number of rotatable bonds is 22. The predicted octanol–water partition coefficient (Wildman–Crippen LogP) is 6.70. The second kappa shape index (κ2) is 23.8. The Morgan fingerprint density at radius 1 is 0.704 bits per heavy atom. The standard InChI is InChI=1S/C23H47NO2S/c1-2-3-4-5-6-7-8-9-10-11-12-13-14-15-16-17-21-26-23(25)18-19-24-20-22-27/h24,27H,2-22H2,1H3. The summed E-state index contributed by atoms with van der Waals surface area (Å²) in [6, 6.07) is 0. The number of thiol groups is 1. The number of hydrogen-bond acceptors (Lipinski definition) is 4. The van der Waals surface area contributed by atoms with Crippen molar-refractivity contribution in [3.8, 4) is 0 Å². The van der Waals surface area contributed by atoms with E-state index in [9.17, 15) is 4.79 Å². The highest BCUT2D eigenvalue weighted by Gasteiger charge is 2.01. The molecule has 0 aliphatic heterocycles. The Morgan fingerprint density at radius 2 is 1.15 bits per heavy atom. The van der Waals surface area contributed by atoms with E-state index in [0.29, 0.717) is 19.6 Å². The van der Waals surface area contributed by atoms with Crippen molar-refractivity contribution in [2.24, 2.45) is 0 Å². The van der Waals surface area contributed by atoms with E-state index in [-0.39, 0.29) is 5.97 Å². The zero-order valence-corrected chi connectivity index (χ0v) is 19.0. The molecule has 0 radical (unpaired) electrons. The molecule has 0 aromatic heterocycles. The fraction of sp³-hybridized carbons (Fsp3) is 0.957. The van der Waals surface area contributed by atoms with Gasteiger partial charge in [-0.05, 0) is 6.42 Å². The predicted molar refractivity (Wildman–Crippen MR) is 122 cm³/mol. The third kappa shape index (κ3) is 23.7. The van der Waals surface area contributed by atoms with Crippen molar-refractivity contribution >= 4 is 18.6 Å². The van der Waals surface area contributed by atoms with Crippen molar-refractivity contribution in [1.82, 2.24) is 5.32 Å². The highest BCUT2D eigenvalue weighted by Crippen LogP contribution is 2.13. The van der Waals surface area contributed by atoms with Gasteiger partial charge < -0.3 is 10.1 Å². The lowest BCUT2D eigenvalue weighted by Gasteiger charge is -2.06. The van der Waals surface area contributed by atoms with Crippen LogP contribution in [0, 0.1) is 0 Å². The molecular formula is C23H47NO2S. The SMILES string of the molecule is CCCCCCCCCCCCCCCCCCOC(=O)CCNCCS. The molecular weight excluding hydrogens is 354 g/mol. The first kappa shape index (κ1) is 26.8. The van der Waals surface area contributed by atoms with Gasteiger partial charge in [0.2, 0.25) is 0 Å². The lowest BCUT2D eigenvalue weighted by Crippen LogP contribution is -2.21. The van der Waals surface area contributed by atoms with Gasteiger partial charge in [-0.1, -0.05) is 103 Å². The largest absolute Gasteiger partial charge is 0.466 e. The molecule has 0 unspecified atom stereocenters. The Hall–Kier alpha value is -0.220. The zero-order valence-electron chi connectivity index (χ0n) is 18.1. The summed E-state index contributed by atoms with van der Waals surface area (Å²) in [5, 5.41) is 3.15. The molecule has 0 heterocycles. The number of nitrogens with one attached hydrogen (secondary N) is 1. The first-order valence-electron chi connectivity index (χ1n) is 11.8. The summed E-state index contributed by atoms with van der Waals surface area (Å²) in [6.45, 7) is 4.40. The number of carbonyl (C=O) groups excluding carboxylic acids is 1. The van der Waals surface area contributed by atoms with Gasteiger partial charge in [0.15, 0.2) is 0 Å². The minimum atomic E-state index is -0.0809. The minimum absolute atomic E-state index is 0.0809. The minimum Gasteiger partial charge on any atom is -0.466 e. The molecule has 0 fully saturated rings. The van der Waals surface area contributed by atoms with E-state index in [4.69, 9.17) is 4.74 Å². The van der Waals surface area contributed by atoms with E-state index in [1.807, 2.05) is 0 Å². The summed E-state index contributed by atoms with van der Waals surface area (Å²) >= 11 is 4.11. The lowest BCUT2D eigenvalue weighted by atomic mass is 10.0. The summed E-state index contributed by atoms with van der Waals surface area (Å²) in [4.78, 5) is 11.5. The maximum absolute atomic E-state index is 11.5. The molecule has 1 N–H and O–H groups in total. The van der Waals surface area contributed by atoms with E-state index < -0.39 is 0 Å². The molecule has 27 heavy (non-hydrogen) atoms. The number of carbonyl (C=O) groups is 1. The summed E-state index contributed by atoms with van der Waals surface area (Å²) in [7, 11) is 0. The number of unbranched alkanes of at least 4 members (excludes halogenated alkanes) is 15. The van der Waals surface area contributed by atoms with Crippen molar-refractivity contribution in [3.05, 3.63) is 0 Å². The molecule has 0 aromatic rings. The van der Waals surface area contributed by atoms with Crippen LogP contribution in [0.5, 0.6) is 0 Å². The van der Waals surface area contributed by atoms with Crippen molar-refractivity contribution in [2.45, 2.75) is 116 Å². The average molecular weight is 402 g/mol. The van der Waals surface area contributed by atoms with Crippen LogP contribution >= 0.6 is 12.6 Å². The summed E-state index contributed by atoms with van der Waals surface area (Å²) in [6.07, 6.45) is 22.3. The van der Waals surface area contributed by atoms with Crippen LogP contribution in [-0.2, 0) is 9.53 Å². The van der Waals surface area contributed by atoms with Crippen molar-refractivity contribution in [1.29, 1.82) is 0 Å². The first-order chi connectivity index (χ1) is 13.3. The Bertz CT molecular complexity index is 300. The Morgan fingerprint density at radius 3 is 1.59 bits per heavy atom. The van der Waals surface area contributed by atoms with Crippen LogP contribution in [0.15, 0.2) is 0 Å². The highest BCUT2D eigenvalue weighted by atomic mass is 32.1. The highest BCUT2D eigenvalue weighted by molar-refractivity contribution is 7.80. The number of ether oxygens (including phenoxy) is 1. The van der Waals surface area contributed by atoms with Gasteiger partial charge in [0.05, 0.1) is 13.0 Å². The van der Waals surface area contributed by atoms with E-state index in [2.05, 4.69) is 24.9 Å². The van der Waals surface area contributed by atoms with Crippen LogP contribution in [0.2, 0.25) is 0 Å². The molecule has 0 spiro atoms. The fourth-order valence-corrected chi connectivity index (χ4v) is 3.46. The monoisotopic (exact) mass is 401 g/mol. The molecule has 4 heteroatoms. The van der Waals surface area contributed by atoms with E-state index >= 15 is 0 Å². The van der Waals surface area contributed by atoms with Crippen molar-refractivity contribution in [2.75, 3.05) is 25.4 Å². The van der Waals surface area contributed by atoms with Gasteiger partial charge in [0.1, 0.15) is 0 Å². The Kier molecular flexibility index (Phi) is 23.6. The van der Waals surface area contributed by atoms with Crippen LogP contribution in [0.4, 0.5) is 0 Å². The van der Waals surface area contributed by atoms with Crippen molar-refractivity contribution < 1.29 is 9.53 Å². The topological polar surface area (TPSA) is 38.3 Å². The third-order valence-corrected chi connectivity index (χ3v) is 5.28. The molecule has 0 atom stereocenters. The zero-order chi connectivity index (χ0) is 19.8. The van der Waals surface area contributed by atoms with Gasteiger partial charge in [-0.15, -0.1) is 0 Å². The molecule has 0 aliphatic carbocycles. The van der Waals surface area contributed by atoms with Crippen molar-refractivity contribution in [3.63, 3.8) is 0 Å². The molecule has 0 rings (SSSR count). The van der Waals surface area contributed by atoms with Gasteiger partial charge in [0.25, 0.3) is 0 Å². The van der Waals surface area contributed by atoms with Crippen LogP contribution < -0.4 is 5.32 Å². The van der Waals surface area contributed by atoms with Gasteiger partial charge in [-0.3, -0.25) is 4.79 Å². The first-order valence-corrected chi connectivity index (χ1v) is 12.4. The molecule has 0 saturated heterocycles. The molecule has 3 nitrogen and oxygen atoms in total. The van der Waals surface area contributed by atoms with E-state index in [0.717, 1.165) is 18.7 Å². The molecule has 0 saturated carbocycles. The normalized spacial score (nSPS) is 11.0. The van der Waals surface area contributed by atoms with Gasteiger partial charge >= 0.3 is 5.97 Å². The fourth-order valence-electron chi connectivity index (χ4n) is 3.30. The summed E-state index contributed by atoms with van der Waals surface area (Å²) in [5.74, 6) is 0.719. The van der Waals surface area contributed by atoms with Crippen LogP contribution in [0.25, 0.3) is 0 Å². The smallest absolute Gasteiger partial charge is 0.307 e. The van der Waals surface area contributed by atoms with E-state index in [1.165, 1.54) is 96.3 Å². The third-order valence-electron chi connectivity index (χ3n) is 5.06. The molecule has 0 bridgehead atoms. The Labute approximate surface area is 175 Å². The molecule has 0 aliphatic rings. The maximum Gasteiger partial charge on any atom is 0.307 e.